The topological polar surface area (TPSA) is 69.9 Å². The molecule has 3 rings (SSSR count). The van der Waals surface area contributed by atoms with Gasteiger partial charge in [0.1, 0.15) is 17.2 Å². The molecule has 0 fully saturated rings. The lowest BCUT2D eigenvalue weighted by Crippen LogP contribution is -2.02. The summed E-state index contributed by atoms with van der Waals surface area (Å²) in [4.78, 5) is 0. The van der Waals surface area contributed by atoms with Gasteiger partial charge in [-0.15, -0.1) is 0 Å². The van der Waals surface area contributed by atoms with Crippen LogP contribution in [0.5, 0.6) is 0 Å². The van der Waals surface area contributed by atoms with E-state index in [1.165, 1.54) is 12.1 Å². The van der Waals surface area contributed by atoms with Crippen LogP contribution in [-0.4, -0.2) is 9.78 Å². The van der Waals surface area contributed by atoms with Crippen molar-refractivity contribution >= 4 is 11.5 Å². The van der Waals surface area contributed by atoms with E-state index < -0.39 is 0 Å². The van der Waals surface area contributed by atoms with Crippen LogP contribution in [0.3, 0.4) is 0 Å². The van der Waals surface area contributed by atoms with Gasteiger partial charge in [-0.05, 0) is 24.3 Å². The summed E-state index contributed by atoms with van der Waals surface area (Å²) < 4.78 is 14.9. The fourth-order valence-electron chi connectivity index (χ4n) is 2.06. The molecular formula is C15H13FN4. The standard InChI is InChI=1S/C15H13FN4/c16-11-6-4-5-10(9-11)14-13(17)15(18)20(19-14)12-7-2-1-3-8-12/h1-9H,17-18H2. The smallest absolute Gasteiger partial charge is 0.151 e. The maximum Gasteiger partial charge on any atom is 0.151 e. The maximum atomic E-state index is 13.3. The number of anilines is 2. The van der Waals surface area contributed by atoms with Crippen molar-refractivity contribution in [1.29, 1.82) is 0 Å². The molecule has 0 amide bonds. The summed E-state index contributed by atoms with van der Waals surface area (Å²) in [5.74, 6) is 0.00481. The highest BCUT2D eigenvalue weighted by Gasteiger charge is 2.15. The molecule has 0 saturated carbocycles. The Bertz CT molecular complexity index is 750. The summed E-state index contributed by atoms with van der Waals surface area (Å²) in [5, 5.41) is 4.39. The number of hydrogen-bond donors (Lipinski definition) is 2. The van der Waals surface area contributed by atoms with E-state index in [4.69, 9.17) is 11.5 Å². The van der Waals surface area contributed by atoms with E-state index in [1.54, 1.807) is 16.8 Å². The monoisotopic (exact) mass is 268 g/mol. The van der Waals surface area contributed by atoms with E-state index in [0.717, 1.165) is 5.69 Å². The molecule has 100 valence electrons. The zero-order chi connectivity index (χ0) is 14.1. The predicted octanol–water partition coefficient (Wildman–Crippen LogP) is 2.84. The summed E-state index contributed by atoms with van der Waals surface area (Å²) in [6.07, 6.45) is 0. The number of para-hydroxylation sites is 1. The zero-order valence-corrected chi connectivity index (χ0v) is 10.6. The minimum absolute atomic E-state index is 0.338. The van der Waals surface area contributed by atoms with Crippen LogP contribution in [0.15, 0.2) is 54.6 Å². The van der Waals surface area contributed by atoms with Gasteiger partial charge in [0.25, 0.3) is 0 Å². The Labute approximate surface area is 115 Å². The minimum Gasteiger partial charge on any atom is -0.394 e. The van der Waals surface area contributed by atoms with E-state index in [1.807, 2.05) is 30.3 Å². The number of halogens is 1. The van der Waals surface area contributed by atoms with Crippen molar-refractivity contribution in [3.8, 4) is 16.9 Å². The third-order valence-corrected chi connectivity index (χ3v) is 3.06. The van der Waals surface area contributed by atoms with Gasteiger partial charge in [0, 0.05) is 5.56 Å². The quantitative estimate of drug-likeness (QED) is 0.750. The van der Waals surface area contributed by atoms with Crippen LogP contribution in [0, 0.1) is 5.82 Å². The van der Waals surface area contributed by atoms with Gasteiger partial charge >= 0.3 is 0 Å². The molecule has 0 unspecified atom stereocenters. The van der Waals surface area contributed by atoms with E-state index >= 15 is 0 Å². The third kappa shape index (κ3) is 1.99. The summed E-state index contributed by atoms with van der Waals surface area (Å²) >= 11 is 0. The van der Waals surface area contributed by atoms with E-state index in [-0.39, 0.29) is 5.82 Å². The molecule has 0 aliphatic carbocycles. The van der Waals surface area contributed by atoms with E-state index in [9.17, 15) is 4.39 Å². The van der Waals surface area contributed by atoms with Crippen molar-refractivity contribution in [2.75, 3.05) is 11.5 Å². The van der Waals surface area contributed by atoms with Gasteiger partial charge in [-0.1, -0.05) is 30.3 Å². The molecule has 0 spiro atoms. The van der Waals surface area contributed by atoms with Crippen LogP contribution >= 0.6 is 0 Å². The number of aromatic nitrogens is 2. The highest BCUT2D eigenvalue weighted by molar-refractivity contribution is 5.81. The Morgan fingerprint density at radius 2 is 1.70 bits per heavy atom. The molecular weight excluding hydrogens is 255 g/mol. The molecule has 0 aliphatic heterocycles. The van der Waals surface area contributed by atoms with Crippen LogP contribution in [0.4, 0.5) is 15.9 Å². The first kappa shape index (κ1) is 12.2. The average Bonchev–Trinajstić information content (AvgIpc) is 2.76. The van der Waals surface area contributed by atoms with Crippen LogP contribution in [0.2, 0.25) is 0 Å². The Morgan fingerprint density at radius 3 is 2.40 bits per heavy atom. The number of nitrogens with zero attached hydrogens (tertiary/aromatic N) is 2. The fraction of sp³-hybridized carbons (Fsp3) is 0. The molecule has 3 aromatic rings. The summed E-state index contributed by atoms with van der Waals surface area (Å²) in [6, 6.07) is 15.5. The second-order valence-corrected chi connectivity index (χ2v) is 4.41. The first-order valence-corrected chi connectivity index (χ1v) is 6.12. The maximum absolute atomic E-state index is 13.3. The molecule has 0 aliphatic rings. The molecule has 0 radical (unpaired) electrons. The third-order valence-electron chi connectivity index (χ3n) is 3.06. The van der Waals surface area contributed by atoms with Crippen LogP contribution in [-0.2, 0) is 0 Å². The van der Waals surface area contributed by atoms with E-state index in [2.05, 4.69) is 5.10 Å². The normalized spacial score (nSPS) is 10.7. The lowest BCUT2D eigenvalue weighted by Gasteiger charge is -2.02. The summed E-state index contributed by atoms with van der Waals surface area (Å²) in [7, 11) is 0. The molecule has 0 bridgehead atoms. The number of nitrogens with two attached hydrogens (primary N) is 2. The van der Waals surface area contributed by atoms with Gasteiger partial charge in [-0.25, -0.2) is 9.07 Å². The van der Waals surface area contributed by atoms with Crippen molar-refractivity contribution in [2.45, 2.75) is 0 Å². The molecule has 0 atom stereocenters. The highest BCUT2D eigenvalue weighted by Crippen LogP contribution is 2.31. The van der Waals surface area contributed by atoms with Gasteiger partial charge in [0.15, 0.2) is 5.82 Å². The number of hydrogen-bond acceptors (Lipinski definition) is 3. The molecule has 2 aromatic carbocycles. The Kier molecular flexibility index (Phi) is 2.87. The molecule has 1 aromatic heterocycles. The fourth-order valence-corrected chi connectivity index (χ4v) is 2.06. The van der Waals surface area contributed by atoms with Gasteiger partial charge in [0.2, 0.25) is 0 Å². The van der Waals surface area contributed by atoms with Gasteiger partial charge in [-0.3, -0.25) is 0 Å². The van der Waals surface area contributed by atoms with Crippen molar-refractivity contribution in [1.82, 2.24) is 9.78 Å². The van der Waals surface area contributed by atoms with Gasteiger partial charge in [0.05, 0.1) is 5.69 Å². The van der Waals surface area contributed by atoms with E-state index in [0.29, 0.717) is 22.8 Å². The van der Waals surface area contributed by atoms with Crippen molar-refractivity contribution < 1.29 is 4.39 Å². The predicted molar refractivity (Wildman–Crippen MR) is 77.8 cm³/mol. The molecule has 4 N–H and O–H groups in total. The lowest BCUT2D eigenvalue weighted by atomic mass is 10.1. The van der Waals surface area contributed by atoms with Crippen molar-refractivity contribution in [3.05, 3.63) is 60.4 Å². The largest absolute Gasteiger partial charge is 0.394 e. The molecule has 20 heavy (non-hydrogen) atoms. The SMILES string of the molecule is Nc1c(-c2cccc(F)c2)nn(-c2ccccc2)c1N. The summed E-state index contributed by atoms with van der Waals surface area (Å²) in [5.41, 5.74) is 14.2. The van der Waals surface area contributed by atoms with Gasteiger partial charge in [-0.2, -0.15) is 5.10 Å². The highest BCUT2D eigenvalue weighted by atomic mass is 19.1. The number of rotatable bonds is 2. The molecule has 1 heterocycles. The second kappa shape index (κ2) is 4.70. The van der Waals surface area contributed by atoms with Crippen molar-refractivity contribution in [2.24, 2.45) is 0 Å². The average molecular weight is 268 g/mol. The zero-order valence-electron chi connectivity index (χ0n) is 10.6. The summed E-state index contributed by atoms with van der Waals surface area (Å²) in [6.45, 7) is 0. The van der Waals surface area contributed by atoms with Crippen LogP contribution in [0.25, 0.3) is 16.9 Å². The minimum atomic E-state index is -0.338. The first-order chi connectivity index (χ1) is 9.66. The Hall–Kier alpha value is -2.82. The number of nitrogen functional groups attached to an aromatic ring is 2. The number of benzene rings is 2. The molecule has 4 nitrogen and oxygen atoms in total. The Balaban J connectivity index is 2.16. The molecule has 5 heteroatoms. The lowest BCUT2D eigenvalue weighted by molar-refractivity contribution is 0.628. The van der Waals surface area contributed by atoms with Crippen LogP contribution in [0.1, 0.15) is 0 Å². The Morgan fingerprint density at radius 1 is 0.950 bits per heavy atom. The molecule has 0 saturated heterocycles. The second-order valence-electron chi connectivity index (χ2n) is 4.41. The van der Waals surface area contributed by atoms with Gasteiger partial charge < -0.3 is 11.5 Å². The van der Waals surface area contributed by atoms with Crippen LogP contribution < -0.4 is 11.5 Å². The van der Waals surface area contributed by atoms with Crippen molar-refractivity contribution in [3.63, 3.8) is 0 Å². The first-order valence-electron chi connectivity index (χ1n) is 6.12.